The van der Waals surface area contributed by atoms with Crippen LogP contribution in [-0.2, 0) is 12.6 Å². The van der Waals surface area contributed by atoms with Crippen LogP contribution in [0.4, 0.5) is 17.6 Å². The molecule has 2 N–H and O–H groups in total. The molecule has 0 bridgehead atoms. The Morgan fingerprint density at radius 2 is 2.00 bits per heavy atom. The maximum absolute atomic E-state index is 12.4. The predicted molar refractivity (Wildman–Crippen MR) is 53.4 cm³/mol. The number of hydrogen-bond acceptors (Lipinski definition) is 1. The van der Waals surface area contributed by atoms with Crippen LogP contribution in [0.5, 0.6) is 0 Å². The summed E-state index contributed by atoms with van der Waals surface area (Å²) in [6.07, 6.45) is -3.95. The molecule has 0 atom stereocenters. The lowest BCUT2D eigenvalue weighted by atomic mass is 10.0. The molecule has 0 fully saturated rings. The summed E-state index contributed by atoms with van der Waals surface area (Å²) in [7, 11) is 0. The van der Waals surface area contributed by atoms with Gasteiger partial charge in [-0.3, -0.25) is 0 Å². The highest BCUT2D eigenvalue weighted by Crippen LogP contribution is 2.29. The largest absolute Gasteiger partial charge is 0.416 e. The Kier molecular flexibility index (Phi) is 4.06. The third-order valence-corrected chi connectivity index (χ3v) is 2.10. The molecule has 1 rings (SSSR count). The third kappa shape index (κ3) is 3.34. The van der Waals surface area contributed by atoms with Gasteiger partial charge in [0.1, 0.15) is 0 Å². The molecule has 0 aliphatic rings. The normalized spacial score (nSPS) is 12.9. The second-order valence-corrected chi connectivity index (χ2v) is 3.35. The van der Waals surface area contributed by atoms with E-state index in [1.807, 2.05) is 0 Å². The van der Waals surface area contributed by atoms with E-state index in [1.54, 1.807) is 0 Å². The Balaban J connectivity index is 2.91. The summed E-state index contributed by atoms with van der Waals surface area (Å²) in [6, 6.07) is 4.78. The molecule has 1 nitrogen and oxygen atoms in total. The summed E-state index contributed by atoms with van der Waals surface area (Å²) in [4.78, 5) is 0. The molecule has 0 aromatic heterocycles. The summed E-state index contributed by atoms with van der Waals surface area (Å²) in [6.45, 7) is -0.00720. The Morgan fingerprint density at radius 1 is 1.31 bits per heavy atom. The van der Waals surface area contributed by atoms with Crippen molar-refractivity contribution in [1.82, 2.24) is 0 Å². The van der Waals surface area contributed by atoms with E-state index in [0.29, 0.717) is 11.9 Å². The zero-order valence-corrected chi connectivity index (χ0v) is 8.39. The fourth-order valence-electron chi connectivity index (χ4n) is 1.28. The van der Waals surface area contributed by atoms with Crippen LogP contribution in [0.1, 0.15) is 11.1 Å². The fourth-order valence-corrected chi connectivity index (χ4v) is 1.28. The smallest absolute Gasteiger partial charge is 0.327 e. The minimum Gasteiger partial charge on any atom is -0.327 e. The van der Waals surface area contributed by atoms with Crippen LogP contribution in [0.3, 0.4) is 0 Å². The van der Waals surface area contributed by atoms with Gasteiger partial charge < -0.3 is 5.73 Å². The van der Waals surface area contributed by atoms with Crippen LogP contribution >= 0.6 is 0 Å². The summed E-state index contributed by atoms with van der Waals surface area (Å²) in [5.41, 5.74) is 5.14. The van der Waals surface area contributed by atoms with Crippen LogP contribution in [0.25, 0.3) is 0 Å². The van der Waals surface area contributed by atoms with Crippen molar-refractivity contribution in [2.24, 2.45) is 5.73 Å². The SMILES string of the molecule is NCC(=CF)Cc1cccc(C(F)(F)F)c1. The second-order valence-electron chi connectivity index (χ2n) is 3.35. The maximum atomic E-state index is 12.4. The first kappa shape index (κ1) is 12.7. The molecule has 1 aromatic rings. The Labute approximate surface area is 90.6 Å². The topological polar surface area (TPSA) is 26.0 Å². The Hall–Kier alpha value is -1.36. The van der Waals surface area contributed by atoms with E-state index in [9.17, 15) is 17.6 Å². The first-order valence-electron chi connectivity index (χ1n) is 4.61. The lowest BCUT2D eigenvalue weighted by molar-refractivity contribution is -0.137. The van der Waals surface area contributed by atoms with Crippen LogP contribution in [0.15, 0.2) is 36.2 Å². The maximum Gasteiger partial charge on any atom is 0.416 e. The van der Waals surface area contributed by atoms with E-state index in [0.717, 1.165) is 12.1 Å². The highest BCUT2D eigenvalue weighted by molar-refractivity contribution is 5.28. The van der Waals surface area contributed by atoms with Gasteiger partial charge >= 0.3 is 6.18 Å². The first-order valence-corrected chi connectivity index (χ1v) is 4.61. The molecule has 0 aliphatic heterocycles. The van der Waals surface area contributed by atoms with Gasteiger partial charge in [-0.2, -0.15) is 13.2 Å². The van der Waals surface area contributed by atoms with Gasteiger partial charge in [0.15, 0.2) is 0 Å². The molecule has 0 aliphatic carbocycles. The monoisotopic (exact) mass is 233 g/mol. The minimum absolute atomic E-state index is 0.00720. The van der Waals surface area contributed by atoms with Crippen molar-refractivity contribution in [2.45, 2.75) is 12.6 Å². The number of benzene rings is 1. The molecule has 0 radical (unpaired) electrons. The molecule has 1 aromatic carbocycles. The number of nitrogens with two attached hydrogens (primary N) is 1. The van der Waals surface area contributed by atoms with Gasteiger partial charge in [0.25, 0.3) is 0 Å². The summed E-state index contributed by atoms with van der Waals surface area (Å²) in [5, 5.41) is 0. The number of alkyl halides is 3. The lowest BCUT2D eigenvalue weighted by Gasteiger charge is -2.09. The highest BCUT2D eigenvalue weighted by Gasteiger charge is 2.30. The fraction of sp³-hybridized carbons (Fsp3) is 0.273. The van der Waals surface area contributed by atoms with E-state index in [4.69, 9.17) is 5.73 Å². The Morgan fingerprint density at radius 3 is 2.50 bits per heavy atom. The standard InChI is InChI=1S/C11H11F4N/c12-6-9(7-16)4-8-2-1-3-10(5-8)11(13,14)15/h1-3,5-6H,4,7,16H2. The molecule has 0 heterocycles. The average Bonchev–Trinajstić information content (AvgIpc) is 2.25. The third-order valence-electron chi connectivity index (χ3n) is 2.10. The van der Waals surface area contributed by atoms with Gasteiger partial charge in [0.2, 0.25) is 0 Å². The van der Waals surface area contributed by atoms with Gasteiger partial charge in [-0.1, -0.05) is 18.2 Å². The van der Waals surface area contributed by atoms with Crippen molar-refractivity contribution in [3.05, 3.63) is 47.3 Å². The van der Waals surface area contributed by atoms with Gasteiger partial charge in [-0.25, -0.2) is 4.39 Å². The second kappa shape index (κ2) is 5.12. The summed E-state index contributed by atoms with van der Waals surface area (Å²) in [5.74, 6) is 0. The molecule has 0 unspecified atom stereocenters. The van der Waals surface area contributed by atoms with Crippen molar-refractivity contribution in [1.29, 1.82) is 0 Å². The molecular formula is C11H11F4N. The molecule has 88 valence electrons. The quantitative estimate of drug-likeness (QED) is 0.798. The molecule has 0 spiro atoms. The van der Waals surface area contributed by atoms with Gasteiger partial charge in [-0.05, 0) is 23.6 Å². The molecule has 5 heteroatoms. The number of rotatable bonds is 3. The predicted octanol–water partition coefficient (Wildman–Crippen LogP) is 3.06. The summed E-state index contributed by atoms with van der Waals surface area (Å²) >= 11 is 0. The van der Waals surface area contributed by atoms with Crippen molar-refractivity contribution < 1.29 is 17.6 Å². The minimum atomic E-state index is -4.38. The van der Waals surface area contributed by atoms with Gasteiger partial charge in [0, 0.05) is 6.54 Å². The van der Waals surface area contributed by atoms with E-state index >= 15 is 0 Å². The molecule has 0 saturated heterocycles. The number of hydrogen-bond donors (Lipinski definition) is 1. The zero-order chi connectivity index (χ0) is 12.2. The first-order chi connectivity index (χ1) is 7.47. The van der Waals surface area contributed by atoms with E-state index < -0.39 is 11.7 Å². The van der Waals surface area contributed by atoms with Crippen LogP contribution in [-0.4, -0.2) is 6.54 Å². The zero-order valence-electron chi connectivity index (χ0n) is 8.39. The molecular weight excluding hydrogens is 222 g/mol. The molecule has 16 heavy (non-hydrogen) atoms. The van der Waals surface area contributed by atoms with E-state index in [1.165, 1.54) is 12.1 Å². The summed E-state index contributed by atoms with van der Waals surface area (Å²) < 4.78 is 49.3. The van der Waals surface area contributed by atoms with E-state index in [2.05, 4.69) is 0 Å². The van der Waals surface area contributed by atoms with Gasteiger partial charge in [-0.15, -0.1) is 0 Å². The Bertz CT molecular complexity index is 382. The van der Waals surface area contributed by atoms with Crippen molar-refractivity contribution in [3.63, 3.8) is 0 Å². The van der Waals surface area contributed by atoms with Crippen LogP contribution in [0.2, 0.25) is 0 Å². The van der Waals surface area contributed by atoms with Crippen molar-refractivity contribution in [2.75, 3.05) is 6.54 Å². The molecule has 0 saturated carbocycles. The average molecular weight is 233 g/mol. The van der Waals surface area contributed by atoms with E-state index in [-0.39, 0.29) is 18.5 Å². The van der Waals surface area contributed by atoms with Crippen molar-refractivity contribution >= 4 is 0 Å². The molecule has 0 amide bonds. The van der Waals surface area contributed by atoms with Crippen LogP contribution < -0.4 is 5.73 Å². The highest BCUT2D eigenvalue weighted by atomic mass is 19.4. The lowest BCUT2D eigenvalue weighted by Crippen LogP contribution is -2.08. The van der Waals surface area contributed by atoms with Gasteiger partial charge in [0.05, 0.1) is 11.9 Å². The number of halogens is 4. The van der Waals surface area contributed by atoms with Crippen molar-refractivity contribution in [3.8, 4) is 0 Å². The van der Waals surface area contributed by atoms with Crippen LogP contribution in [0, 0.1) is 0 Å².